The number of nitrogens with one attached hydrogen (secondary N) is 1. The number of nitrogens with zero attached hydrogens (tertiary/aromatic N) is 1. The predicted octanol–water partition coefficient (Wildman–Crippen LogP) is 22.7. The molecule has 0 aliphatic rings. The first-order chi connectivity index (χ1) is 41.4. The number of unbranched alkanes of at least 4 members (excludes halogenated alkanes) is 34. The van der Waals surface area contributed by atoms with Crippen LogP contribution in [0.15, 0.2) is 97.2 Å². The van der Waals surface area contributed by atoms with Crippen molar-refractivity contribution in [3.8, 4) is 0 Å². The number of rotatable bonds is 64. The maximum Gasteiger partial charge on any atom is 0.472 e. The van der Waals surface area contributed by atoms with Gasteiger partial charge in [0.25, 0.3) is 0 Å². The van der Waals surface area contributed by atoms with Crippen LogP contribution < -0.4 is 5.32 Å². The van der Waals surface area contributed by atoms with Gasteiger partial charge in [-0.15, -0.1) is 0 Å². The van der Waals surface area contributed by atoms with Crippen LogP contribution in [0.5, 0.6) is 0 Å². The predicted molar refractivity (Wildman–Crippen MR) is 369 cm³/mol. The summed E-state index contributed by atoms with van der Waals surface area (Å²) in [5, 5.41) is 3.05. The quantitative estimate of drug-likeness (QED) is 0.0205. The summed E-state index contributed by atoms with van der Waals surface area (Å²) < 4.78 is 30.8. The molecule has 0 aromatic rings. The fraction of sp³-hybridized carbons (Fsp3) is 0.760. The molecule has 0 heterocycles. The summed E-state index contributed by atoms with van der Waals surface area (Å²) in [4.78, 5) is 37.9. The minimum absolute atomic E-state index is 0.0305. The minimum atomic E-state index is -4.47. The van der Waals surface area contributed by atoms with Crippen molar-refractivity contribution in [2.45, 2.75) is 328 Å². The highest BCUT2D eigenvalue weighted by Crippen LogP contribution is 2.43. The highest BCUT2D eigenvalue weighted by atomic mass is 31.2. The van der Waals surface area contributed by atoms with Crippen molar-refractivity contribution in [1.82, 2.24) is 5.32 Å². The highest BCUT2D eigenvalue weighted by Gasteiger charge is 2.30. The third-order valence-corrected chi connectivity index (χ3v) is 16.5. The lowest BCUT2D eigenvalue weighted by molar-refractivity contribution is -0.870. The number of esters is 1. The molecule has 0 saturated heterocycles. The van der Waals surface area contributed by atoms with Gasteiger partial charge >= 0.3 is 13.8 Å². The van der Waals surface area contributed by atoms with E-state index in [0.717, 1.165) is 96.3 Å². The van der Waals surface area contributed by atoms with Crippen LogP contribution in [0.2, 0.25) is 0 Å². The van der Waals surface area contributed by atoms with Crippen LogP contribution in [0, 0.1) is 0 Å². The van der Waals surface area contributed by atoms with Crippen molar-refractivity contribution in [1.29, 1.82) is 0 Å². The first-order valence-corrected chi connectivity index (χ1v) is 37.1. The van der Waals surface area contributed by atoms with Crippen molar-refractivity contribution in [3.63, 3.8) is 0 Å². The van der Waals surface area contributed by atoms with Crippen molar-refractivity contribution in [2.24, 2.45) is 0 Å². The summed E-state index contributed by atoms with van der Waals surface area (Å²) in [6.45, 7) is 6.87. The maximum absolute atomic E-state index is 13.6. The second-order valence-electron chi connectivity index (χ2n) is 25.0. The molecule has 1 amide bonds. The van der Waals surface area contributed by atoms with Crippen molar-refractivity contribution >= 4 is 19.7 Å². The summed E-state index contributed by atoms with van der Waals surface area (Å²) >= 11 is 0. The fourth-order valence-electron chi connectivity index (χ4n) is 10.1. The number of phosphoric ester groups is 1. The van der Waals surface area contributed by atoms with Gasteiger partial charge in [-0.05, 0) is 109 Å². The van der Waals surface area contributed by atoms with Gasteiger partial charge in [0.15, 0.2) is 0 Å². The van der Waals surface area contributed by atoms with E-state index in [1.54, 1.807) is 0 Å². The van der Waals surface area contributed by atoms with E-state index in [1.807, 2.05) is 33.3 Å². The van der Waals surface area contributed by atoms with Gasteiger partial charge in [-0.25, -0.2) is 4.57 Å². The van der Waals surface area contributed by atoms with Crippen LogP contribution in [0.1, 0.15) is 316 Å². The second kappa shape index (κ2) is 63.9. The molecule has 0 spiro atoms. The van der Waals surface area contributed by atoms with Crippen LogP contribution >= 0.6 is 7.82 Å². The van der Waals surface area contributed by atoms with Gasteiger partial charge in [0, 0.05) is 12.8 Å². The number of carbonyl (C=O) groups is 2. The van der Waals surface area contributed by atoms with Gasteiger partial charge in [-0.2, -0.15) is 0 Å². The van der Waals surface area contributed by atoms with E-state index in [2.05, 4.69) is 111 Å². The molecule has 0 aliphatic carbocycles. The number of likely N-dealkylation sites (N-methyl/N-ethyl adjacent to an activating group) is 1. The smallest absolute Gasteiger partial charge is 0.456 e. The lowest BCUT2D eigenvalue weighted by atomic mass is 10.0. The summed E-state index contributed by atoms with van der Waals surface area (Å²) in [5.41, 5.74) is 0. The molecule has 0 fully saturated rings. The summed E-state index contributed by atoms with van der Waals surface area (Å²) in [6.07, 6.45) is 87.1. The van der Waals surface area contributed by atoms with E-state index in [9.17, 15) is 19.0 Å². The van der Waals surface area contributed by atoms with Crippen LogP contribution in [0.3, 0.4) is 0 Å². The van der Waals surface area contributed by atoms with E-state index >= 15 is 0 Å². The van der Waals surface area contributed by atoms with Crippen LogP contribution in [0.25, 0.3) is 0 Å². The lowest BCUT2D eigenvalue weighted by Gasteiger charge is -2.27. The standard InChI is InChI=1S/C75H135N2O7P/c1-7-10-13-16-19-22-25-28-30-32-34-35-36-37-38-39-40-41-43-45-47-50-53-56-59-62-65-68-75(79)84-73(66-63-60-57-54-51-48-27-24-21-18-15-12-9-3)72(71-83-85(80,81)82-70-69-77(4,5)6)76-74(78)67-64-61-58-55-52-49-46-44-42-33-31-29-26-23-20-17-14-11-8-2/h11,14,19-20,22-23,28-31,42,44,49,52,63,66,72-73H,7-10,12-13,15-18,21,24-27,32-41,43,45-48,50-51,53-62,64-65,67-71H2,1-6H3,(H-,76,78,80,81)/p+1/b14-11-,22-19-,23-20-,30-28-,31-29-,44-42-,52-49-,66-63-. The Morgan fingerprint density at radius 1 is 0.424 bits per heavy atom. The monoisotopic (exact) mass is 1210 g/mol. The fourth-order valence-corrected chi connectivity index (χ4v) is 10.8. The SMILES string of the molecule is CC/C=C\C/C=C\C/C=C\C/C=C\C/C=C\CCCCCC(=O)NC(COP(=O)(O)OCC[N+](C)(C)C)C(/C=C\CCCCCCCCCCCCC)OC(=O)CCCCCCCCCCCCCCCCCCC/C=C\C/C=C\CCCCC. The number of carbonyl (C=O) groups excluding carboxylic acids is 2. The topological polar surface area (TPSA) is 111 Å². The number of phosphoric acid groups is 1. The van der Waals surface area contributed by atoms with E-state index in [4.69, 9.17) is 13.8 Å². The van der Waals surface area contributed by atoms with Crippen molar-refractivity contribution in [2.75, 3.05) is 40.9 Å². The zero-order valence-corrected chi connectivity index (χ0v) is 57.2. The van der Waals surface area contributed by atoms with Gasteiger partial charge in [0.2, 0.25) is 5.91 Å². The molecule has 3 unspecified atom stereocenters. The molecule has 9 nitrogen and oxygen atoms in total. The molecule has 2 N–H and O–H groups in total. The number of ether oxygens (including phenoxy) is 1. The molecule has 492 valence electrons. The Kier molecular flexibility index (Phi) is 61.6. The summed E-state index contributed by atoms with van der Waals surface area (Å²) in [5.74, 6) is -0.537. The first kappa shape index (κ1) is 81.9. The van der Waals surface area contributed by atoms with E-state index < -0.39 is 20.0 Å². The average Bonchev–Trinajstić information content (AvgIpc) is 3.50. The van der Waals surface area contributed by atoms with E-state index in [0.29, 0.717) is 23.9 Å². The summed E-state index contributed by atoms with van der Waals surface area (Å²) in [6, 6.07) is -0.871. The van der Waals surface area contributed by atoms with Gasteiger partial charge in [-0.1, -0.05) is 292 Å². The number of quaternary nitrogens is 1. The number of amides is 1. The molecule has 0 aromatic heterocycles. The van der Waals surface area contributed by atoms with Gasteiger partial charge in [-0.3, -0.25) is 18.6 Å². The molecule has 3 atom stereocenters. The molecule has 0 rings (SSSR count). The molecule has 85 heavy (non-hydrogen) atoms. The molecule has 0 saturated carbocycles. The van der Waals surface area contributed by atoms with Crippen molar-refractivity contribution in [3.05, 3.63) is 97.2 Å². The Hall–Kier alpha value is -3.07. The third-order valence-electron chi connectivity index (χ3n) is 15.5. The Balaban J connectivity index is 5.10. The first-order valence-electron chi connectivity index (χ1n) is 35.6. The third kappa shape index (κ3) is 65.2. The Morgan fingerprint density at radius 3 is 1.16 bits per heavy atom. The summed E-state index contributed by atoms with van der Waals surface area (Å²) in [7, 11) is 1.47. The number of hydrogen-bond donors (Lipinski definition) is 2. The Bertz CT molecular complexity index is 1780. The molecule has 0 radical (unpaired) electrons. The highest BCUT2D eigenvalue weighted by molar-refractivity contribution is 7.47. The molecule has 0 bridgehead atoms. The van der Waals surface area contributed by atoms with E-state index in [1.165, 1.54) is 180 Å². The van der Waals surface area contributed by atoms with Gasteiger partial charge < -0.3 is 19.4 Å². The van der Waals surface area contributed by atoms with Crippen LogP contribution in [0.4, 0.5) is 0 Å². The molecular formula is C75H136N2O7P+. The minimum Gasteiger partial charge on any atom is -0.456 e. The largest absolute Gasteiger partial charge is 0.472 e. The van der Waals surface area contributed by atoms with E-state index in [-0.39, 0.29) is 31.5 Å². The van der Waals surface area contributed by atoms with Crippen molar-refractivity contribution < 1.29 is 37.3 Å². The molecular weight excluding hydrogens is 1070 g/mol. The molecule has 10 heteroatoms. The van der Waals surface area contributed by atoms with Gasteiger partial charge in [0.1, 0.15) is 19.3 Å². The normalized spacial score (nSPS) is 14.1. The second-order valence-corrected chi connectivity index (χ2v) is 26.5. The average molecular weight is 1210 g/mol. The van der Waals surface area contributed by atoms with Crippen LogP contribution in [-0.2, 0) is 27.9 Å². The lowest BCUT2D eigenvalue weighted by Crippen LogP contribution is -2.47. The van der Waals surface area contributed by atoms with Crippen LogP contribution in [-0.4, -0.2) is 74.3 Å². The number of allylic oxidation sites excluding steroid dienone is 15. The zero-order chi connectivity index (χ0) is 62.1. The molecule has 0 aliphatic heterocycles. The molecule has 0 aromatic carbocycles. The zero-order valence-electron chi connectivity index (χ0n) is 56.3. The number of hydrogen-bond acceptors (Lipinski definition) is 6. The Morgan fingerprint density at radius 2 is 0.753 bits per heavy atom. The Labute approximate surface area is 526 Å². The van der Waals surface area contributed by atoms with Gasteiger partial charge in [0.05, 0.1) is 33.8 Å². The maximum atomic E-state index is 13.6.